The first-order chi connectivity index (χ1) is 9.94. The van der Waals surface area contributed by atoms with Gasteiger partial charge in [0.25, 0.3) is 0 Å². The minimum absolute atomic E-state index is 0.277. The first-order valence-corrected chi connectivity index (χ1v) is 7.51. The van der Waals surface area contributed by atoms with Gasteiger partial charge in [-0.1, -0.05) is 5.16 Å². The molecule has 114 valence electrons. The average Bonchev–Trinajstić information content (AvgIpc) is 3.06. The summed E-state index contributed by atoms with van der Waals surface area (Å²) in [4.78, 5) is 6.55. The molecule has 0 amide bonds. The van der Waals surface area contributed by atoms with Crippen molar-refractivity contribution in [3.05, 3.63) is 22.9 Å². The summed E-state index contributed by atoms with van der Waals surface area (Å²) in [6.07, 6.45) is -2.90. The molecule has 0 saturated carbocycles. The number of hydrogen-bond donors (Lipinski definition) is 0. The Kier molecular flexibility index (Phi) is 3.75. The van der Waals surface area contributed by atoms with Crippen LogP contribution in [0.25, 0.3) is 10.7 Å². The molecule has 1 aliphatic heterocycles. The standard InChI is InChI=1S/C13H14F3N3OS/c1-8-4-6-21-10(8)11-17-12(20-18-11)9-3-2-5-19(9)7-13(14,15)16/h4,6,9H,2-3,5,7H2,1H3. The van der Waals surface area contributed by atoms with Crippen LogP contribution in [0.2, 0.25) is 0 Å². The first-order valence-electron chi connectivity index (χ1n) is 6.63. The maximum atomic E-state index is 12.6. The van der Waals surface area contributed by atoms with E-state index in [1.807, 2.05) is 18.4 Å². The van der Waals surface area contributed by atoms with Crippen LogP contribution in [0.3, 0.4) is 0 Å². The summed E-state index contributed by atoms with van der Waals surface area (Å²) in [7, 11) is 0. The summed E-state index contributed by atoms with van der Waals surface area (Å²) in [6, 6.07) is 1.51. The Hall–Kier alpha value is -1.41. The minimum Gasteiger partial charge on any atom is -0.337 e. The van der Waals surface area contributed by atoms with E-state index < -0.39 is 18.8 Å². The third-order valence-electron chi connectivity index (χ3n) is 3.54. The largest absolute Gasteiger partial charge is 0.401 e. The van der Waals surface area contributed by atoms with Crippen molar-refractivity contribution in [1.82, 2.24) is 15.0 Å². The first kappa shape index (κ1) is 14.5. The molecule has 3 rings (SSSR count). The molecule has 0 radical (unpaired) electrons. The molecule has 1 saturated heterocycles. The van der Waals surface area contributed by atoms with Crippen molar-refractivity contribution < 1.29 is 17.7 Å². The molecule has 8 heteroatoms. The van der Waals surface area contributed by atoms with Gasteiger partial charge >= 0.3 is 6.18 Å². The van der Waals surface area contributed by atoms with Crippen molar-refractivity contribution >= 4 is 11.3 Å². The van der Waals surface area contributed by atoms with Gasteiger partial charge in [0.1, 0.15) is 0 Å². The van der Waals surface area contributed by atoms with E-state index in [-0.39, 0.29) is 5.89 Å². The number of aryl methyl sites for hydroxylation is 1. The highest BCUT2D eigenvalue weighted by Gasteiger charge is 2.38. The van der Waals surface area contributed by atoms with Crippen molar-refractivity contribution in [2.24, 2.45) is 0 Å². The molecule has 4 nitrogen and oxygen atoms in total. The van der Waals surface area contributed by atoms with Gasteiger partial charge in [-0.15, -0.1) is 11.3 Å². The summed E-state index contributed by atoms with van der Waals surface area (Å²) >= 11 is 1.49. The van der Waals surface area contributed by atoms with Crippen LogP contribution in [0.1, 0.15) is 30.3 Å². The van der Waals surface area contributed by atoms with E-state index in [0.29, 0.717) is 25.2 Å². The van der Waals surface area contributed by atoms with Crippen LogP contribution in [-0.2, 0) is 0 Å². The van der Waals surface area contributed by atoms with E-state index >= 15 is 0 Å². The summed E-state index contributed by atoms with van der Waals surface area (Å²) in [5, 5.41) is 5.83. The predicted molar refractivity (Wildman–Crippen MR) is 72.0 cm³/mol. The Bertz CT molecular complexity index is 622. The van der Waals surface area contributed by atoms with Crippen LogP contribution < -0.4 is 0 Å². The molecule has 0 N–H and O–H groups in total. The van der Waals surface area contributed by atoms with E-state index in [1.165, 1.54) is 16.2 Å². The molecular formula is C13H14F3N3OS. The Balaban J connectivity index is 1.81. The van der Waals surface area contributed by atoms with Crippen LogP contribution in [-0.4, -0.2) is 34.3 Å². The average molecular weight is 317 g/mol. The number of hydrogen-bond acceptors (Lipinski definition) is 5. The normalized spacial score (nSPS) is 20.3. The molecule has 0 aromatic carbocycles. The monoisotopic (exact) mass is 317 g/mol. The Morgan fingerprint density at radius 3 is 2.95 bits per heavy atom. The summed E-state index contributed by atoms with van der Waals surface area (Å²) < 4.78 is 42.9. The van der Waals surface area contributed by atoms with E-state index in [0.717, 1.165) is 10.4 Å². The second kappa shape index (κ2) is 5.42. The van der Waals surface area contributed by atoms with E-state index in [2.05, 4.69) is 10.1 Å². The van der Waals surface area contributed by atoms with E-state index in [9.17, 15) is 13.2 Å². The van der Waals surface area contributed by atoms with Gasteiger partial charge in [0.15, 0.2) is 0 Å². The third-order valence-corrected chi connectivity index (χ3v) is 4.55. The lowest BCUT2D eigenvalue weighted by molar-refractivity contribution is -0.148. The lowest BCUT2D eigenvalue weighted by Gasteiger charge is -2.22. The van der Waals surface area contributed by atoms with Crippen molar-refractivity contribution in [2.75, 3.05) is 13.1 Å². The smallest absolute Gasteiger partial charge is 0.337 e. The van der Waals surface area contributed by atoms with Crippen LogP contribution in [0.4, 0.5) is 13.2 Å². The van der Waals surface area contributed by atoms with Crippen molar-refractivity contribution in [2.45, 2.75) is 32.0 Å². The quantitative estimate of drug-likeness (QED) is 0.863. The number of thiophene rings is 1. The van der Waals surface area contributed by atoms with Gasteiger partial charge in [0, 0.05) is 0 Å². The Labute approximate surface area is 123 Å². The second-order valence-electron chi connectivity index (χ2n) is 5.13. The molecule has 1 atom stereocenters. The van der Waals surface area contributed by atoms with Crippen LogP contribution in [0.15, 0.2) is 16.0 Å². The van der Waals surface area contributed by atoms with Crippen LogP contribution in [0, 0.1) is 6.92 Å². The second-order valence-corrected chi connectivity index (χ2v) is 6.05. The van der Waals surface area contributed by atoms with Gasteiger partial charge in [-0.2, -0.15) is 18.2 Å². The third kappa shape index (κ3) is 3.11. The lowest BCUT2D eigenvalue weighted by atomic mass is 10.2. The highest BCUT2D eigenvalue weighted by Crippen LogP contribution is 2.35. The zero-order valence-electron chi connectivity index (χ0n) is 11.4. The Morgan fingerprint density at radius 1 is 1.48 bits per heavy atom. The lowest BCUT2D eigenvalue weighted by Crippen LogP contribution is -2.33. The van der Waals surface area contributed by atoms with Gasteiger partial charge in [-0.05, 0) is 43.3 Å². The summed E-state index contributed by atoms with van der Waals surface area (Å²) in [5.74, 6) is 0.732. The predicted octanol–water partition coefficient (Wildman–Crippen LogP) is 3.81. The SMILES string of the molecule is Cc1ccsc1-c1noc(C2CCCN2CC(F)(F)F)n1. The molecule has 0 bridgehead atoms. The number of rotatable bonds is 3. The van der Waals surface area contributed by atoms with Gasteiger partial charge in [-0.3, -0.25) is 4.90 Å². The molecule has 2 aromatic rings. The zero-order chi connectivity index (χ0) is 15.0. The highest BCUT2D eigenvalue weighted by atomic mass is 32.1. The minimum atomic E-state index is -4.21. The number of likely N-dealkylation sites (tertiary alicyclic amines) is 1. The zero-order valence-corrected chi connectivity index (χ0v) is 12.2. The fraction of sp³-hybridized carbons (Fsp3) is 0.538. The molecule has 1 fully saturated rings. The molecular weight excluding hydrogens is 303 g/mol. The molecule has 2 aromatic heterocycles. The van der Waals surface area contributed by atoms with Crippen LogP contribution in [0.5, 0.6) is 0 Å². The molecule has 1 unspecified atom stereocenters. The fourth-order valence-corrected chi connectivity index (χ4v) is 3.44. The topological polar surface area (TPSA) is 42.2 Å². The van der Waals surface area contributed by atoms with Crippen molar-refractivity contribution in [3.8, 4) is 10.7 Å². The van der Waals surface area contributed by atoms with Gasteiger partial charge in [0.05, 0.1) is 17.5 Å². The molecule has 3 heterocycles. The Morgan fingerprint density at radius 2 is 2.29 bits per heavy atom. The van der Waals surface area contributed by atoms with E-state index in [4.69, 9.17) is 4.52 Å². The summed E-state index contributed by atoms with van der Waals surface area (Å²) in [6.45, 7) is 1.40. The molecule has 21 heavy (non-hydrogen) atoms. The maximum absolute atomic E-state index is 12.6. The maximum Gasteiger partial charge on any atom is 0.401 e. The van der Waals surface area contributed by atoms with Crippen molar-refractivity contribution in [1.29, 1.82) is 0 Å². The van der Waals surface area contributed by atoms with Gasteiger partial charge in [-0.25, -0.2) is 0 Å². The highest BCUT2D eigenvalue weighted by molar-refractivity contribution is 7.13. The van der Waals surface area contributed by atoms with Crippen LogP contribution >= 0.6 is 11.3 Å². The molecule has 0 spiro atoms. The number of halogens is 3. The fourth-order valence-electron chi connectivity index (χ4n) is 2.59. The van der Waals surface area contributed by atoms with Gasteiger partial charge < -0.3 is 4.52 Å². The van der Waals surface area contributed by atoms with Crippen molar-refractivity contribution in [3.63, 3.8) is 0 Å². The number of aromatic nitrogens is 2. The van der Waals surface area contributed by atoms with Gasteiger partial charge in [0.2, 0.25) is 11.7 Å². The number of alkyl halides is 3. The number of nitrogens with zero attached hydrogens (tertiary/aromatic N) is 3. The van der Waals surface area contributed by atoms with E-state index in [1.54, 1.807) is 0 Å². The summed E-state index contributed by atoms with van der Waals surface area (Å²) in [5.41, 5.74) is 1.03. The molecule has 0 aliphatic carbocycles. The molecule has 1 aliphatic rings.